The van der Waals surface area contributed by atoms with E-state index in [1.807, 2.05) is 0 Å². The minimum atomic E-state index is -0.0860. The van der Waals surface area contributed by atoms with Crippen LogP contribution in [0.2, 0.25) is 0 Å². The molecule has 0 N–H and O–H groups in total. The Labute approximate surface area is 257 Å². The molecule has 0 heterocycles. The average Bonchev–Trinajstić information content (AvgIpc) is 2.92. The van der Waals surface area contributed by atoms with Gasteiger partial charge in [-0.15, -0.1) is 0 Å². The van der Waals surface area contributed by atoms with Crippen molar-refractivity contribution >= 4 is 17.3 Å². The molecule has 3 unspecified atom stereocenters. The Kier molecular flexibility index (Phi) is 14.9. The predicted octanol–water partition coefficient (Wildman–Crippen LogP) is 10.2. The molecule has 3 heteroatoms. The van der Waals surface area contributed by atoms with Gasteiger partial charge in [-0.3, -0.25) is 14.4 Å². The first-order valence-corrected chi connectivity index (χ1v) is 16.7. The van der Waals surface area contributed by atoms with Gasteiger partial charge in [0.05, 0.1) is 6.42 Å². The zero-order chi connectivity index (χ0) is 31.3. The highest BCUT2D eigenvalue weighted by Crippen LogP contribution is 2.40. The van der Waals surface area contributed by atoms with Gasteiger partial charge in [0, 0.05) is 17.9 Å². The van der Waals surface area contributed by atoms with Gasteiger partial charge in [0.15, 0.2) is 5.78 Å². The highest BCUT2D eigenvalue weighted by atomic mass is 16.1. The molecule has 42 heavy (non-hydrogen) atoms. The van der Waals surface area contributed by atoms with Crippen LogP contribution >= 0.6 is 0 Å². The van der Waals surface area contributed by atoms with E-state index >= 15 is 0 Å². The monoisotopic (exact) mass is 574 g/mol. The van der Waals surface area contributed by atoms with Crippen LogP contribution in [0, 0.1) is 24.7 Å². The van der Waals surface area contributed by atoms with Gasteiger partial charge in [-0.25, -0.2) is 0 Å². The Bertz CT molecular complexity index is 1140. The van der Waals surface area contributed by atoms with E-state index in [1.165, 1.54) is 36.5 Å². The minimum Gasteiger partial charge on any atom is -0.300 e. The fraction of sp³-hybridized carbons (Fsp3) is 0.615. The van der Waals surface area contributed by atoms with Crippen molar-refractivity contribution in [2.45, 2.75) is 138 Å². The van der Waals surface area contributed by atoms with Crippen molar-refractivity contribution in [1.82, 2.24) is 0 Å². The Morgan fingerprint density at radius 2 is 1.62 bits per heavy atom. The van der Waals surface area contributed by atoms with E-state index in [4.69, 9.17) is 0 Å². The third-order valence-corrected chi connectivity index (χ3v) is 9.04. The van der Waals surface area contributed by atoms with E-state index < -0.39 is 0 Å². The molecular formula is C39H58O3. The molecule has 0 bridgehead atoms. The molecule has 3 nitrogen and oxygen atoms in total. The molecule has 3 rings (SSSR count). The molecule has 2 aromatic rings. The molecular weight excluding hydrogens is 516 g/mol. The Morgan fingerprint density at radius 3 is 2.21 bits per heavy atom. The first-order chi connectivity index (χ1) is 20.0. The van der Waals surface area contributed by atoms with Crippen LogP contribution in [-0.4, -0.2) is 17.3 Å². The summed E-state index contributed by atoms with van der Waals surface area (Å²) in [7, 11) is 0. The first-order valence-electron chi connectivity index (χ1n) is 16.7. The van der Waals surface area contributed by atoms with Crippen LogP contribution in [0.25, 0.3) is 0 Å². The maximum atomic E-state index is 13.6. The van der Waals surface area contributed by atoms with Crippen LogP contribution in [0.5, 0.6) is 0 Å². The number of carbonyl (C=O) groups excluding carboxylic acids is 3. The summed E-state index contributed by atoms with van der Waals surface area (Å²) in [6.07, 6.45) is 10.9. The van der Waals surface area contributed by atoms with Gasteiger partial charge in [0.25, 0.3) is 0 Å². The van der Waals surface area contributed by atoms with Gasteiger partial charge in [-0.2, -0.15) is 0 Å². The maximum absolute atomic E-state index is 13.6. The Morgan fingerprint density at radius 1 is 0.952 bits per heavy atom. The number of fused-ring (bicyclic) bond motifs is 1. The largest absolute Gasteiger partial charge is 0.300 e. The summed E-state index contributed by atoms with van der Waals surface area (Å²) >= 11 is 0. The highest BCUT2D eigenvalue weighted by Gasteiger charge is 2.34. The second-order valence-corrected chi connectivity index (χ2v) is 13.4. The van der Waals surface area contributed by atoms with Gasteiger partial charge in [-0.1, -0.05) is 110 Å². The molecule has 0 radical (unpaired) electrons. The summed E-state index contributed by atoms with van der Waals surface area (Å²) in [5.41, 5.74) is 6.01. The van der Waals surface area contributed by atoms with Crippen LogP contribution < -0.4 is 0 Å². The van der Waals surface area contributed by atoms with E-state index in [1.54, 1.807) is 0 Å². The molecule has 1 aliphatic rings. The topological polar surface area (TPSA) is 51.2 Å². The molecule has 2 aromatic carbocycles. The number of hydrogen-bond donors (Lipinski definition) is 0. The molecule has 0 saturated heterocycles. The summed E-state index contributed by atoms with van der Waals surface area (Å²) < 4.78 is 0. The fourth-order valence-electron chi connectivity index (χ4n) is 7.13. The summed E-state index contributed by atoms with van der Waals surface area (Å²) in [6.45, 7) is 16.7. The second kappa shape index (κ2) is 17.5. The third kappa shape index (κ3) is 10.3. The lowest BCUT2D eigenvalue weighted by Gasteiger charge is -2.34. The van der Waals surface area contributed by atoms with Gasteiger partial charge in [0.2, 0.25) is 0 Å². The number of rotatable bonds is 15. The zero-order valence-corrected chi connectivity index (χ0v) is 28.0. The molecule has 232 valence electrons. The molecule has 0 spiro atoms. The van der Waals surface area contributed by atoms with Gasteiger partial charge in [-0.05, 0) is 91.9 Å². The zero-order valence-electron chi connectivity index (χ0n) is 28.0. The number of carbonyl (C=O) groups is 3. The second-order valence-electron chi connectivity index (χ2n) is 13.4. The minimum absolute atomic E-state index is 0.0184. The van der Waals surface area contributed by atoms with Crippen molar-refractivity contribution < 1.29 is 14.4 Å². The van der Waals surface area contributed by atoms with E-state index in [0.717, 1.165) is 62.5 Å². The Balaban J connectivity index is 0.00000197. The quantitative estimate of drug-likeness (QED) is 0.157. The fourth-order valence-corrected chi connectivity index (χ4v) is 7.13. The molecule has 0 fully saturated rings. The lowest BCUT2D eigenvalue weighted by atomic mass is 9.70. The smallest absolute Gasteiger partial charge is 0.163 e. The summed E-state index contributed by atoms with van der Waals surface area (Å²) in [6, 6.07) is 15.2. The lowest BCUT2D eigenvalue weighted by Crippen LogP contribution is -2.30. The standard InChI is InChI=1S/C36H50O3.C3H8/c1-7-14-29(31(8-2)33(38)21-25(3)37)22-28-23-30-18-19-32(26(4)35(30)34(39)24-28)36(5,6)20-13-12-17-27-15-10-9-11-16-27;1-3-2/h9-11,15-16,18-19,28-29,31H,7-8,12-14,17,20-24H2,1-6H3;3H2,1-2H3. The van der Waals surface area contributed by atoms with Crippen molar-refractivity contribution in [3.63, 3.8) is 0 Å². The normalized spacial score (nSPS) is 16.2. The predicted molar refractivity (Wildman–Crippen MR) is 177 cm³/mol. The molecule has 0 saturated carbocycles. The van der Waals surface area contributed by atoms with Crippen LogP contribution in [0.4, 0.5) is 0 Å². The van der Waals surface area contributed by atoms with Crippen molar-refractivity contribution in [3.05, 3.63) is 70.3 Å². The molecule has 3 atom stereocenters. The van der Waals surface area contributed by atoms with Crippen LogP contribution in [0.1, 0.15) is 145 Å². The van der Waals surface area contributed by atoms with Crippen molar-refractivity contribution in [2.75, 3.05) is 0 Å². The summed E-state index contributed by atoms with van der Waals surface area (Å²) in [4.78, 5) is 38.0. The number of unbranched alkanes of at least 4 members (excludes halogenated alkanes) is 1. The molecule has 0 amide bonds. The van der Waals surface area contributed by atoms with E-state index in [9.17, 15) is 14.4 Å². The average molecular weight is 575 g/mol. The number of aryl methyl sites for hydroxylation is 1. The van der Waals surface area contributed by atoms with Crippen LogP contribution in [-0.2, 0) is 27.8 Å². The molecule has 0 aliphatic heterocycles. The van der Waals surface area contributed by atoms with Gasteiger partial charge < -0.3 is 0 Å². The number of Topliss-reactive ketones (excluding diaryl/α,β-unsaturated/α-hetero) is 3. The third-order valence-electron chi connectivity index (χ3n) is 9.04. The number of ketones is 3. The van der Waals surface area contributed by atoms with Crippen molar-refractivity contribution in [3.8, 4) is 0 Å². The lowest BCUT2D eigenvalue weighted by molar-refractivity contribution is -0.129. The molecule has 1 aliphatic carbocycles. The molecule has 0 aromatic heterocycles. The van der Waals surface area contributed by atoms with E-state index in [2.05, 4.69) is 90.9 Å². The van der Waals surface area contributed by atoms with Gasteiger partial charge in [0.1, 0.15) is 11.6 Å². The van der Waals surface area contributed by atoms with Crippen molar-refractivity contribution in [2.24, 2.45) is 17.8 Å². The van der Waals surface area contributed by atoms with Crippen molar-refractivity contribution in [1.29, 1.82) is 0 Å². The number of hydrogen-bond acceptors (Lipinski definition) is 3. The van der Waals surface area contributed by atoms with E-state index in [-0.39, 0.29) is 46.9 Å². The van der Waals surface area contributed by atoms with Crippen LogP contribution in [0.15, 0.2) is 42.5 Å². The SMILES string of the molecule is CCC.CCCC(CC1CC(=O)c2c(ccc(C(C)(C)CCCCc3ccccc3)c2C)C1)C(CC)C(=O)CC(C)=O. The summed E-state index contributed by atoms with van der Waals surface area (Å²) in [5.74, 6) is 0.702. The van der Waals surface area contributed by atoms with E-state index in [0.29, 0.717) is 6.42 Å². The summed E-state index contributed by atoms with van der Waals surface area (Å²) in [5, 5.41) is 0. The first kappa shape index (κ1) is 35.6. The van der Waals surface area contributed by atoms with Gasteiger partial charge >= 0.3 is 0 Å². The maximum Gasteiger partial charge on any atom is 0.163 e. The Hall–Kier alpha value is -2.55. The van der Waals surface area contributed by atoms with Crippen LogP contribution in [0.3, 0.4) is 0 Å². The number of benzene rings is 2. The highest BCUT2D eigenvalue weighted by molar-refractivity contribution is 6.00.